The van der Waals surface area contributed by atoms with Gasteiger partial charge in [0, 0.05) is 11.3 Å². The molecule has 2 N–H and O–H groups in total. The number of anilines is 2. The van der Waals surface area contributed by atoms with Gasteiger partial charge in [0.1, 0.15) is 5.82 Å². The largest absolute Gasteiger partial charge is 0.322 e. The molecule has 0 aliphatic heterocycles. The van der Waals surface area contributed by atoms with E-state index < -0.39 is 21.7 Å². The van der Waals surface area contributed by atoms with Gasteiger partial charge in [0.05, 0.1) is 16.1 Å². The summed E-state index contributed by atoms with van der Waals surface area (Å²) in [6, 6.07) is 16.9. The third kappa shape index (κ3) is 4.85. The minimum Gasteiger partial charge on any atom is -0.322 e. The third-order valence-electron chi connectivity index (χ3n) is 4.07. The molecule has 3 aromatic carbocycles. The van der Waals surface area contributed by atoms with Gasteiger partial charge in [0.15, 0.2) is 5.78 Å². The molecular formula is C21H17FN2O4S. The van der Waals surface area contributed by atoms with Crippen molar-refractivity contribution in [2.75, 3.05) is 10.0 Å². The molecule has 0 fully saturated rings. The SMILES string of the molecule is CC(=O)c1ccc(S(=O)(=O)Nc2ccccc2C(=O)Nc2cccc(F)c2)cc1. The maximum absolute atomic E-state index is 13.3. The van der Waals surface area contributed by atoms with Crippen LogP contribution in [0, 0.1) is 5.82 Å². The molecule has 8 heteroatoms. The predicted octanol–water partition coefficient (Wildman–Crippen LogP) is 4.08. The smallest absolute Gasteiger partial charge is 0.261 e. The molecule has 0 aromatic heterocycles. The lowest BCUT2D eigenvalue weighted by atomic mass is 10.1. The summed E-state index contributed by atoms with van der Waals surface area (Å²) in [6.07, 6.45) is 0. The molecular weight excluding hydrogens is 395 g/mol. The number of nitrogens with one attached hydrogen (secondary N) is 2. The molecule has 3 rings (SSSR count). The predicted molar refractivity (Wildman–Crippen MR) is 108 cm³/mol. The number of amides is 1. The quantitative estimate of drug-likeness (QED) is 0.597. The van der Waals surface area contributed by atoms with E-state index in [-0.39, 0.29) is 27.6 Å². The molecule has 1 amide bonds. The summed E-state index contributed by atoms with van der Waals surface area (Å²) in [4.78, 5) is 23.9. The second kappa shape index (κ2) is 8.24. The van der Waals surface area contributed by atoms with Crippen molar-refractivity contribution in [3.8, 4) is 0 Å². The average Bonchev–Trinajstić information content (AvgIpc) is 2.68. The molecule has 0 radical (unpaired) electrons. The number of hydrogen-bond acceptors (Lipinski definition) is 4. The minimum absolute atomic E-state index is 0.0529. The van der Waals surface area contributed by atoms with E-state index in [9.17, 15) is 22.4 Å². The first-order chi connectivity index (χ1) is 13.8. The van der Waals surface area contributed by atoms with Crippen molar-refractivity contribution >= 4 is 33.1 Å². The first-order valence-corrected chi connectivity index (χ1v) is 10.0. The minimum atomic E-state index is -3.99. The molecule has 6 nitrogen and oxygen atoms in total. The molecule has 0 bridgehead atoms. The summed E-state index contributed by atoms with van der Waals surface area (Å²) in [6.45, 7) is 1.38. The Labute approximate surface area is 167 Å². The number of para-hydroxylation sites is 1. The normalized spacial score (nSPS) is 11.0. The van der Waals surface area contributed by atoms with Gasteiger partial charge in [-0.2, -0.15) is 0 Å². The van der Waals surface area contributed by atoms with Crippen LogP contribution in [0.5, 0.6) is 0 Å². The Morgan fingerprint density at radius 2 is 1.59 bits per heavy atom. The zero-order valence-electron chi connectivity index (χ0n) is 15.3. The summed E-state index contributed by atoms with van der Waals surface area (Å²) in [7, 11) is -3.99. The molecule has 3 aromatic rings. The van der Waals surface area contributed by atoms with Crippen LogP contribution in [0.3, 0.4) is 0 Å². The number of hydrogen-bond donors (Lipinski definition) is 2. The number of ketones is 1. The van der Waals surface area contributed by atoms with Gasteiger partial charge in [-0.1, -0.05) is 30.3 Å². The third-order valence-corrected chi connectivity index (χ3v) is 5.45. The lowest BCUT2D eigenvalue weighted by Crippen LogP contribution is -2.18. The van der Waals surface area contributed by atoms with Gasteiger partial charge in [0.25, 0.3) is 15.9 Å². The van der Waals surface area contributed by atoms with Gasteiger partial charge in [0.2, 0.25) is 0 Å². The molecule has 0 unspecified atom stereocenters. The van der Waals surface area contributed by atoms with E-state index in [1.165, 1.54) is 61.5 Å². The maximum Gasteiger partial charge on any atom is 0.261 e. The Kier molecular flexibility index (Phi) is 5.74. The summed E-state index contributed by atoms with van der Waals surface area (Å²) >= 11 is 0. The summed E-state index contributed by atoms with van der Waals surface area (Å²) in [5.41, 5.74) is 0.768. The highest BCUT2D eigenvalue weighted by Crippen LogP contribution is 2.22. The zero-order chi connectivity index (χ0) is 21.0. The molecule has 148 valence electrons. The maximum atomic E-state index is 13.3. The highest BCUT2D eigenvalue weighted by atomic mass is 32.2. The number of Topliss-reactive ketones (excluding diaryl/α,β-unsaturated/α-hetero) is 1. The van der Waals surface area contributed by atoms with E-state index in [2.05, 4.69) is 10.0 Å². The van der Waals surface area contributed by atoms with Crippen molar-refractivity contribution in [3.05, 3.63) is 89.7 Å². The van der Waals surface area contributed by atoms with Crippen LogP contribution in [-0.2, 0) is 10.0 Å². The Bertz CT molecular complexity index is 1180. The van der Waals surface area contributed by atoms with Crippen LogP contribution in [0.25, 0.3) is 0 Å². The number of carbonyl (C=O) groups excluding carboxylic acids is 2. The van der Waals surface area contributed by atoms with Gasteiger partial charge in [-0.3, -0.25) is 14.3 Å². The van der Waals surface area contributed by atoms with Gasteiger partial charge in [-0.15, -0.1) is 0 Å². The molecule has 0 heterocycles. The van der Waals surface area contributed by atoms with Crippen molar-refractivity contribution in [1.82, 2.24) is 0 Å². The average molecular weight is 412 g/mol. The van der Waals surface area contributed by atoms with E-state index in [4.69, 9.17) is 0 Å². The second-order valence-electron chi connectivity index (χ2n) is 6.20. The molecule has 0 saturated carbocycles. The fourth-order valence-corrected chi connectivity index (χ4v) is 3.69. The Balaban J connectivity index is 1.86. The lowest BCUT2D eigenvalue weighted by Gasteiger charge is -2.13. The molecule has 0 atom stereocenters. The van der Waals surface area contributed by atoms with Crippen molar-refractivity contribution in [2.45, 2.75) is 11.8 Å². The monoisotopic (exact) mass is 412 g/mol. The van der Waals surface area contributed by atoms with Crippen LogP contribution in [0.2, 0.25) is 0 Å². The standard InChI is InChI=1S/C21H17FN2O4S/c1-14(25)15-9-11-18(12-10-15)29(27,28)24-20-8-3-2-7-19(20)21(26)23-17-6-4-5-16(22)13-17/h2-13,24H,1H3,(H,23,26). The zero-order valence-corrected chi connectivity index (χ0v) is 16.2. The van der Waals surface area contributed by atoms with E-state index in [1.807, 2.05) is 0 Å². The molecule has 0 spiro atoms. The molecule has 0 aliphatic carbocycles. The molecule has 0 saturated heterocycles. The van der Waals surface area contributed by atoms with Crippen LogP contribution in [0.15, 0.2) is 77.7 Å². The van der Waals surface area contributed by atoms with E-state index in [1.54, 1.807) is 12.1 Å². The summed E-state index contributed by atoms with van der Waals surface area (Å²) in [5.74, 6) is -1.28. The van der Waals surface area contributed by atoms with Crippen molar-refractivity contribution < 1.29 is 22.4 Å². The van der Waals surface area contributed by atoms with Crippen LogP contribution < -0.4 is 10.0 Å². The Hall–Kier alpha value is -3.52. The van der Waals surface area contributed by atoms with Gasteiger partial charge in [-0.05, 0) is 49.4 Å². The first kappa shape index (κ1) is 20.2. The first-order valence-electron chi connectivity index (χ1n) is 8.56. The van der Waals surface area contributed by atoms with Gasteiger partial charge < -0.3 is 5.32 Å². The fraction of sp³-hybridized carbons (Fsp3) is 0.0476. The van der Waals surface area contributed by atoms with E-state index >= 15 is 0 Å². The number of rotatable bonds is 6. The van der Waals surface area contributed by atoms with Crippen molar-refractivity contribution in [3.63, 3.8) is 0 Å². The summed E-state index contributed by atoms with van der Waals surface area (Å²) in [5, 5.41) is 2.53. The Morgan fingerprint density at radius 1 is 0.897 bits per heavy atom. The lowest BCUT2D eigenvalue weighted by molar-refractivity contribution is 0.101. The van der Waals surface area contributed by atoms with Crippen LogP contribution in [0.4, 0.5) is 15.8 Å². The number of carbonyl (C=O) groups is 2. The number of halogens is 1. The Morgan fingerprint density at radius 3 is 2.24 bits per heavy atom. The molecule has 0 aliphatic rings. The molecule has 29 heavy (non-hydrogen) atoms. The highest BCUT2D eigenvalue weighted by molar-refractivity contribution is 7.92. The van der Waals surface area contributed by atoms with Crippen molar-refractivity contribution in [1.29, 1.82) is 0 Å². The number of benzene rings is 3. The topological polar surface area (TPSA) is 92.3 Å². The number of sulfonamides is 1. The summed E-state index contributed by atoms with van der Waals surface area (Å²) < 4.78 is 41.1. The van der Waals surface area contributed by atoms with Crippen LogP contribution in [0.1, 0.15) is 27.6 Å². The second-order valence-corrected chi connectivity index (χ2v) is 7.88. The fourth-order valence-electron chi connectivity index (χ4n) is 2.61. The van der Waals surface area contributed by atoms with E-state index in [0.29, 0.717) is 5.56 Å². The van der Waals surface area contributed by atoms with Gasteiger partial charge >= 0.3 is 0 Å². The van der Waals surface area contributed by atoms with E-state index in [0.717, 1.165) is 6.07 Å². The van der Waals surface area contributed by atoms with Crippen molar-refractivity contribution in [2.24, 2.45) is 0 Å². The van der Waals surface area contributed by atoms with Gasteiger partial charge in [-0.25, -0.2) is 12.8 Å². The van der Waals surface area contributed by atoms with Crippen LogP contribution >= 0.6 is 0 Å². The van der Waals surface area contributed by atoms with Crippen LogP contribution in [-0.4, -0.2) is 20.1 Å². The highest BCUT2D eigenvalue weighted by Gasteiger charge is 2.19.